The molecule has 7 nitrogen and oxygen atoms in total. The maximum absolute atomic E-state index is 12.5. The van der Waals surface area contributed by atoms with E-state index in [4.69, 9.17) is 0 Å². The summed E-state index contributed by atoms with van der Waals surface area (Å²) in [6.45, 7) is 9.13. The van der Waals surface area contributed by atoms with Crippen LogP contribution < -0.4 is 10.6 Å². The minimum Gasteiger partial charge on any atom is -0.342 e. The fourth-order valence-electron chi connectivity index (χ4n) is 3.42. The number of likely N-dealkylation sites (tertiary alicyclic amines) is 1. The lowest BCUT2D eigenvalue weighted by atomic mass is 10.0. The first-order valence-corrected chi connectivity index (χ1v) is 9.83. The Kier molecular flexibility index (Phi) is 6.02. The average molecular weight is 383 g/mol. The highest BCUT2D eigenvalue weighted by Crippen LogP contribution is 2.18. The van der Waals surface area contributed by atoms with Crippen LogP contribution in [-0.4, -0.2) is 45.8 Å². The number of piperidine rings is 1. The molecule has 2 aromatic rings. The minimum absolute atomic E-state index is 0.0121. The highest BCUT2D eigenvalue weighted by Gasteiger charge is 2.25. The molecule has 0 bridgehead atoms. The number of rotatable bonds is 4. The molecule has 0 atom stereocenters. The molecule has 1 aromatic carbocycles. The Hall–Kier alpha value is -2.83. The third-order valence-electron chi connectivity index (χ3n) is 4.99. The molecule has 3 rings (SSSR count). The zero-order chi connectivity index (χ0) is 20.3. The number of anilines is 1. The summed E-state index contributed by atoms with van der Waals surface area (Å²) in [5.41, 5.74) is 2.90. The second kappa shape index (κ2) is 8.46. The number of amides is 3. The summed E-state index contributed by atoms with van der Waals surface area (Å²) >= 11 is 0. The molecule has 0 unspecified atom stereocenters. The van der Waals surface area contributed by atoms with Crippen LogP contribution >= 0.6 is 0 Å². The summed E-state index contributed by atoms with van der Waals surface area (Å²) in [6.07, 6.45) is 1.53. The van der Waals surface area contributed by atoms with E-state index in [2.05, 4.69) is 15.7 Å². The predicted octanol–water partition coefficient (Wildman–Crippen LogP) is 3.26. The highest BCUT2D eigenvalue weighted by molar-refractivity contribution is 5.89. The van der Waals surface area contributed by atoms with E-state index < -0.39 is 0 Å². The maximum Gasteiger partial charge on any atom is 0.320 e. The molecule has 1 aliphatic heterocycles. The number of carbonyl (C=O) groups is 2. The van der Waals surface area contributed by atoms with E-state index in [9.17, 15) is 9.59 Å². The van der Waals surface area contributed by atoms with Gasteiger partial charge in [0.15, 0.2) is 0 Å². The second-order valence-corrected chi connectivity index (χ2v) is 7.77. The van der Waals surface area contributed by atoms with Crippen molar-refractivity contribution >= 4 is 17.8 Å². The molecule has 0 radical (unpaired) electrons. The van der Waals surface area contributed by atoms with Gasteiger partial charge in [0.1, 0.15) is 5.82 Å². The molecular formula is C21H29N5O2. The SMILES string of the molecule is Cc1ccc(-n2nc(C)cc2NC(=O)NC2CCN(C(=O)C(C)C)CC2)cc1. The Bertz CT molecular complexity index is 833. The molecule has 1 aliphatic rings. The summed E-state index contributed by atoms with van der Waals surface area (Å²) in [5, 5.41) is 10.4. The quantitative estimate of drug-likeness (QED) is 0.850. The van der Waals surface area contributed by atoms with E-state index in [1.54, 1.807) is 4.68 Å². The molecule has 1 fully saturated rings. The smallest absolute Gasteiger partial charge is 0.320 e. The Balaban J connectivity index is 1.59. The highest BCUT2D eigenvalue weighted by atomic mass is 16.2. The van der Waals surface area contributed by atoms with Gasteiger partial charge in [-0.2, -0.15) is 5.10 Å². The molecular weight excluding hydrogens is 354 g/mol. The van der Waals surface area contributed by atoms with Crippen LogP contribution in [0.1, 0.15) is 37.9 Å². The van der Waals surface area contributed by atoms with E-state index >= 15 is 0 Å². The van der Waals surface area contributed by atoms with Gasteiger partial charge in [-0.15, -0.1) is 0 Å². The topological polar surface area (TPSA) is 79.3 Å². The summed E-state index contributed by atoms with van der Waals surface area (Å²) in [5.74, 6) is 0.824. The average Bonchev–Trinajstić information content (AvgIpc) is 3.02. The van der Waals surface area contributed by atoms with Crippen LogP contribution in [0.3, 0.4) is 0 Å². The van der Waals surface area contributed by atoms with E-state index in [0.717, 1.165) is 24.2 Å². The normalized spacial score (nSPS) is 15.0. The standard InChI is InChI=1S/C21H29N5O2/c1-14(2)20(27)25-11-9-17(10-12-25)22-21(28)23-19-13-16(4)24-26(19)18-7-5-15(3)6-8-18/h5-8,13-14,17H,9-12H2,1-4H3,(H2,22,23,28). The Morgan fingerprint density at radius 3 is 2.36 bits per heavy atom. The van der Waals surface area contributed by atoms with Gasteiger partial charge in [0.05, 0.1) is 11.4 Å². The Labute approximate surface area is 166 Å². The van der Waals surface area contributed by atoms with Crippen LogP contribution in [0.4, 0.5) is 10.6 Å². The van der Waals surface area contributed by atoms with Gasteiger partial charge in [0.25, 0.3) is 0 Å². The van der Waals surface area contributed by atoms with Gasteiger partial charge in [0, 0.05) is 31.1 Å². The van der Waals surface area contributed by atoms with Crippen molar-refractivity contribution in [2.75, 3.05) is 18.4 Å². The number of carbonyl (C=O) groups excluding carboxylic acids is 2. The first kappa shape index (κ1) is 19.9. The van der Waals surface area contributed by atoms with Crippen molar-refractivity contribution in [3.05, 3.63) is 41.6 Å². The van der Waals surface area contributed by atoms with Gasteiger partial charge >= 0.3 is 6.03 Å². The molecule has 0 spiro atoms. The van der Waals surface area contributed by atoms with Gasteiger partial charge in [0.2, 0.25) is 5.91 Å². The Morgan fingerprint density at radius 2 is 1.75 bits per heavy atom. The predicted molar refractivity (Wildman–Crippen MR) is 110 cm³/mol. The molecule has 2 N–H and O–H groups in total. The van der Waals surface area contributed by atoms with E-state index in [0.29, 0.717) is 18.9 Å². The van der Waals surface area contributed by atoms with Crippen LogP contribution in [-0.2, 0) is 4.79 Å². The lowest BCUT2D eigenvalue weighted by molar-refractivity contribution is -0.135. The number of hydrogen-bond acceptors (Lipinski definition) is 3. The van der Waals surface area contributed by atoms with E-state index in [1.165, 1.54) is 5.56 Å². The van der Waals surface area contributed by atoms with Crippen LogP contribution in [0.5, 0.6) is 0 Å². The van der Waals surface area contributed by atoms with Crippen molar-refractivity contribution in [2.24, 2.45) is 5.92 Å². The molecule has 1 saturated heterocycles. The first-order chi connectivity index (χ1) is 13.3. The van der Waals surface area contributed by atoms with Gasteiger partial charge in [-0.05, 0) is 38.8 Å². The number of aromatic nitrogens is 2. The zero-order valence-corrected chi connectivity index (χ0v) is 17.0. The monoisotopic (exact) mass is 383 g/mol. The van der Waals surface area contributed by atoms with Gasteiger partial charge in [-0.25, -0.2) is 9.48 Å². The molecule has 0 saturated carbocycles. The molecule has 3 amide bonds. The fraction of sp³-hybridized carbons (Fsp3) is 0.476. The third kappa shape index (κ3) is 4.71. The number of aryl methyl sites for hydroxylation is 2. The van der Waals surface area contributed by atoms with Crippen molar-refractivity contribution in [3.8, 4) is 5.69 Å². The molecule has 2 heterocycles. The fourth-order valence-corrected chi connectivity index (χ4v) is 3.42. The largest absolute Gasteiger partial charge is 0.342 e. The number of nitrogens with one attached hydrogen (secondary N) is 2. The van der Waals surface area contributed by atoms with Gasteiger partial charge < -0.3 is 10.2 Å². The van der Waals surface area contributed by atoms with Gasteiger partial charge in [-0.1, -0.05) is 31.5 Å². The lowest BCUT2D eigenvalue weighted by Crippen LogP contribution is -2.48. The minimum atomic E-state index is -0.248. The first-order valence-electron chi connectivity index (χ1n) is 9.83. The summed E-state index contributed by atoms with van der Waals surface area (Å²) in [7, 11) is 0. The van der Waals surface area contributed by atoms with Crippen LogP contribution in [0.15, 0.2) is 30.3 Å². The van der Waals surface area contributed by atoms with Crippen molar-refractivity contribution in [1.29, 1.82) is 0 Å². The van der Waals surface area contributed by atoms with Crippen molar-refractivity contribution < 1.29 is 9.59 Å². The van der Waals surface area contributed by atoms with Crippen molar-refractivity contribution in [1.82, 2.24) is 20.0 Å². The molecule has 7 heteroatoms. The second-order valence-electron chi connectivity index (χ2n) is 7.77. The van der Waals surface area contributed by atoms with E-state index in [-0.39, 0.29) is 23.9 Å². The summed E-state index contributed by atoms with van der Waals surface area (Å²) < 4.78 is 1.73. The van der Waals surface area contributed by atoms with Crippen LogP contribution in [0, 0.1) is 19.8 Å². The molecule has 0 aliphatic carbocycles. The van der Waals surface area contributed by atoms with Crippen LogP contribution in [0.2, 0.25) is 0 Å². The van der Waals surface area contributed by atoms with Crippen molar-refractivity contribution in [3.63, 3.8) is 0 Å². The van der Waals surface area contributed by atoms with Crippen LogP contribution in [0.25, 0.3) is 5.69 Å². The molecule has 150 valence electrons. The maximum atomic E-state index is 12.5. The number of hydrogen-bond donors (Lipinski definition) is 2. The van der Waals surface area contributed by atoms with Gasteiger partial charge in [-0.3, -0.25) is 10.1 Å². The lowest BCUT2D eigenvalue weighted by Gasteiger charge is -2.33. The molecule has 1 aromatic heterocycles. The number of urea groups is 1. The number of nitrogens with zero attached hydrogens (tertiary/aromatic N) is 3. The van der Waals surface area contributed by atoms with Crippen molar-refractivity contribution in [2.45, 2.75) is 46.6 Å². The molecule has 28 heavy (non-hydrogen) atoms. The third-order valence-corrected chi connectivity index (χ3v) is 4.99. The number of benzene rings is 1. The Morgan fingerprint density at radius 1 is 1.11 bits per heavy atom. The summed E-state index contributed by atoms with van der Waals surface area (Å²) in [6, 6.07) is 9.65. The van der Waals surface area contributed by atoms with E-state index in [1.807, 2.05) is 62.9 Å². The zero-order valence-electron chi connectivity index (χ0n) is 17.0. The summed E-state index contributed by atoms with van der Waals surface area (Å²) in [4.78, 5) is 26.5.